The smallest absolute Gasteiger partial charge is 0.257 e. The predicted octanol–water partition coefficient (Wildman–Crippen LogP) is 3.78. The third-order valence-corrected chi connectivity index (χ3v) is 6.36. The molecule has 1 saturated heterocycles. The van der Waals surface area contributed by atoms with Crippen LogP contribution in [0.15, 0.2) is 42.5 Å². The van der Waals surface area contributed by atoms with E-state index in [0.29, 0.717) is 5.69 Å². The molecule has 1 aliphatic heterocycles. The Kier molecular flexibility index (Phi) is 5.26. The molecule has 0 spiro atoms. The van der Waals surface area contributed by atoms with Crippen LogP contribution in [-0.2, 0) is 14.8 Å². The number of nitrogens with one attached hydrogen (secondary N) is 1. The summed E-state index contributed by atoms with van der Waals surface area (Å²) in [5.74, 6) is -1.03. The molecule has 142 valence electrons. The quantitative estimate of drug-likeness (QED) is 0.837. The highest BCUT2D eigenvalue weighted by molar-refractivity contribution is 7.94. The van der Waals surface area contributed by atoms with Gasteiger partial charge in [0.05, 0.1) is 22.0 Å². The highest BCUT2D eigenvalue weighted by Crippen LogP contribution is 2.30. The highest BCUT2D eigenvalue weighted by atomic mass is 35.5. The van der Waals surface area contributed by atoms with Crippen molar-refractivity contribution in [3.63, 3.8) is 0 Å². The Morgan fingerprint density at radius 2 is 1.89 bits per heavy atom. The zero-order chi connectivity index (χ0) is 19.8. The maximum Gasteiger partial charge on any atom is 0.257 e. The number of benzene rings is 2. The van der Waals surface area contributed by atoms with Gasteiger partial charge >= 0.3 is 0 Å². The Bertz CT molecular complexity index is 1020. The number of nitrogens with zero attached hydrogens (tertiary/aromatic N) is 1. The lowest BCUT2D eigenvalue weighted by atomic mass is 10.0. The molecule has 0 aromatic heterocycles. The van der Waals surface area contributed by atoms with Gasteiger partial charge in [-0.05, 0) is 35.7 Å². The first-order valence-electron chi connectivity index (χ1n) is 8.46. The van der Waals surface area contributed by atoms with Crippen LogP contribution in [0, 0.1) is 0 Å². The summed E-state index contributed by atoms with van der Waals surface area (Å²) >= 11 is 6.16. The molecule has 0 saturated carbocycles. The first-order valence-corrected chi connectivity index (χ1v) is 10.4. The summed E-state index contributed by atoms with van der Waals surface area (Å²) in [4.78, 5) is 24.8. The van der Waals surface area contributed by atoms with E-state index in [0.717, 1.165) is 9.87 Å². The van der Waals surface area contributed by atoms with E-state index < -0.39 is 21.8 Å². The van der Waals surface area contributed by atoms with E-state index >= 15 is 0 Å². The van der Waals surface area contributed by atoms with E-state index in [9.17, 15) is 18.0 Å². The molecule has 0 unspecified atom stereocenters. The molecular formula is C19H19ClN2O4S. The maximum atomic E-state index is 12.8. The highest BCUT2D eigenvalue weighted by Gasteiger charge is 2.36. The third kappa shape index (κ3) is 3.84. The van der Waals surface area contributed by atoms with Gasteiger partial charge in [0.25, 0.3) is 5.91 Å². The van der Waals surface area contributed by atoms with Crippen molar-refractivity contribution in [2.75, 3.05) is 15.4 Å². The Balaban J connectivity index is 1.96. The number of hydrogen-bond acceptors (Lipinski definition) is 4. The van der Waals surface area contributed by atoms with E-state index in [4.69, 9.17) is 11.6 Å². The van der Waals surface area contributed by atoms with E-state index in [-0.39, 0.29) is 34.4 Å². The number of rotatable bonds is 4. The first kappa shape index (κ1) is 19.4. The molecule has 27 heavy (non-hydrogen) atoms. The second kappa shape index (κ2) is 7.32. The molecule has 8 heteroatoms. The molecule has 1 N–H and O–H groups in total. The monoisotopic (exact) mass is 406 g/mol. The maximum absolute atomic E-state index is 12.8. The minimum Gasteiger partial charge on any atom is -0.322 e. The fourth-order valence-corrected chi connectivity index (χ4v) is 4.64. The molecule has 3 rings (SSSR count). The number of para-hydroxylation sites is 1. The minimum absolute atomic E-state index is 0.0751. The van der Waals surface area contributed by atoms with Crippen LogP contribution in [0.5, 0.6) is 0 Å². The summed E-state index contributed by atoms with van der Waals surface area (Å²) in [5.41, 5.74) is 1.84. The third-order valence-electron chi connectivity index (χ3n) is 4.34. The van der Waals surface area contributed by atoms with E-state index in [2.05, 4.69) is 5.32 Å². The summed E-state index contributed by atoms with van der Waals surface area (Å²) in [5, 5.41) is 2.99. The number of carbonyl (C=O) groups excluding carboxylic acids is 2. The van der Waals surface area contributed by atoms with Crippen molar-refractivity contribution >= 4 is 44.8 Å². The molecule has 1 fully saturated rings. The lowest BCUT2D eigenvalue weighted by Crippen LogP contribution is -2.29. The first-order chi connectivity index (χ1) is 12.7. The van der Waals surface area contributed by atoms with Gasteiger partial charge in [-0.2, -0.15) is 0 Å². The molecule has 1 heterocycles. The standard InChI is InChI=1S/C19H19ClN2O4S/c1-12(2)14-5-3-4-6-17(14)21-19(24)15-11-13(7-8-16(15)20)22-18(23)9-10-27(22,25)26/h3-8,11-12H,9-10H2,1-2H3,(H,21,24). The molecule has 2 amide bonds. The molecule has 2 aromatic carbocycles. The predicted molar refractivity (Wildman–Crippen MR) is 106 cm³/mol. The SMILES string of the molecule is CC(C)c1ccccc1NC(=O)c1cc(N2C(=O)CCS2(=O)=O)ccc1Cl. The topological polar surface area (TPSA) is 83.6 Å². The van der Waals surface area contributed by atoms with Crippen molar-refractivity contribution in [2.24, 2.45) is 0 Å². The normalized spacial score (nSPS) is 16.0. The van der Waals surface area contributed by atoms with Gasteiger partial charge in [0.1, 0.15) is 0 Å². The molecule has 2 aromatic rings. The number of hydrogen-bond donors (Lipinski definition) is 1. The molecule has 1 aliphatic rings. The molecule has 0 radical (unpaired) electrons. The number of halogens is 1. The summed E-state index contributed by atoms with van der Waals surface area (Å²) in [6.07, 6.45) is -0.0751. The van der Waals surface area contributed by atoms with Gasteiger partial charge in [0.2, 0.25) is 15.9 Å². The second-order valence-corrected chi connectivity index (χ2v) is 8.93. The van der Waals surface area contributed by atoms with Crippen molar-refractivity contribution < 1.29 is 18.0 Å². The average Bonchev–Trinajstić information content (AvgIpc) is 2.88. The number of amides is 2. The van der Waals surface area contributed by atoms with Gasteiger partial charge in [-0.1, -0.05) is 43.6 Å². The van der Waals surface area contributed by atoms with Crippen molar-refractivity contribution in [1.82, 2.24) is 0 Å². The van der Waals surface area contributed by atoms with Crippen molar-refractivity contribution in [2.45, 2.75) is 26.2 Å². The van der Waals surface area contributed by atoms with Crippen LogP contribution < -0.4 is 9.62 Å². The Morgan fingerprint density at radius 3 is 2.52 bits per heavy atom. The van der Waals surface area contributed by atoms with Gasteiger partial charge in [-0.25, -0.2) is 12.7 Å². The fraction of sp³-hybridized carbons (Fsp3) is 0.263. The van der Waals surface area contributed by atoms with Crippen molar-refractivity contribution in [3.05, 3.63) is 58.6 Å². The van der Waals surface area contributed by atoms with Gasteiger partial charge in [-0.3, -0.25) is 9.59 Å². The van der Waals surface area contributed by atoms with Crippen LogP contribution in [-0.4, -0.2) is 26.0 Å². The lowest BCUT2D eigenvalue weighted by molar-refractivity contribution is -0.116. The summed E-state index contributed by atoms with van der Waals surface area (Å²) in [6, 6.07) is 11.6. The fourth-order valence-electron chi connectivity index (χ4n) is 2.99. The number of anilines is 2. The van der Waals surface area contributed by atoms with E-state index in [1.165, 1.54) is 18.2 Å². The molecule has 6 nitrogen and oxygen atoms in total. The number of sulfonamides is 1. The Hall–Kier alpha value is -2.38. The molecular weight excluding hydrogens is 388 g/mol. The van der Waals surface area contributed by atoms with Crippen LogP contribution in [0.2, 0.25) is 5.02 Å². The zero-order valence-electron chi connectivity index (χ0n) is 14.9. The molecule has 0 aliphatic carbocycles. The average molecular weight is 407 g/mol. The van der Waals surface area contributed by atoms with Gasteiger partial charge < -0.3 is 5.32 Å². The van der Waals surface area contributed by atoms with Gasteiger partial charge in [-0.15, -0.1) is 0 Å². The van der Waals surface area contributed by atoms with Crippen LogP contribution in [0.25, 0.3) is 0 Å². The zero-order valence-corrected chi connectivity index (χ0v) is 16.5. The molecule has 0 bridgehead atoms. The summed E-state index contributed by atoms with van der Waals surface area (Å²) in [6.45, 7) is 4.03. The van der Waals surface area contributed by atoms with Crippen LogP contribution in [0.3, 0.4) is 0 Å². The lowest BCUT2D eigenvalue weighted by Gasteiger charge is -2.17. The Morgan fingerprint density at radius 1 is 1.19 bits per heavy atom. The van der Waals surface area contributed by atoms with Crippen LogP contribution in [0.4, 0.5) is 11.4 Å². The Labute approximate surface area is 163 Å². The van der Waals surface area contributed by atoms with E-state index in [1.54, 1.807) is 6.07 Å². The van der Waals surface area contributed by atoms with Gasteiger partial charge in [0, 0.05) is 12.1 Å². The number of carbonyl (C=O) groups is 2. The summed E-state index contributed by atoms with van der Waals surface area (Å²) < 4.78 is 25.0. The van der Waals surface area contributed by atoms with Crippen molar-refractivity contribution in [1.29, 1.82) is 0 Å². The summed E-state index contributed by atoms with van der Waals surface area (Å²) in [7, 11) is -3.71. The van der Waals surface area contributed by atoms with E-state index in [1.807, 2.05) is 32.0 Å². The largest absolute Gasteiger partial charge is 0.322 e. The van der Waals surface area contributed by atoms with Crippen LogP contribution in [0.1, 0.15) is 42.1 Å². The molecule has 0 atom stereocenters. The van der Waals surface area contributed by atoms with Crippen LogP contribution >= 0.6 is 11.6 Å². The minimum atomic E-state index is -3.71. The van der Waals surface area contributed by atoms with Crippen molar-refractivity contribution in [3.8, 4) is 0 Å². The second-order valence-electron chi connectivity index (χ2n) is 6.58. The van der Waals surface area contributed by atoms with Gasteiger partial charge in [0.15, 0.2) is 0 Å².